The van der Waals surface area contributed by atoms with Gasteiger partial charge in [-0.15, -0.1) is 0 Å². The summed E-state index contributed by atoms with van der Waals surface area (Å²) >= 11 is 0. The van der Waals surface area contributed by atoms with Gasteiger partial charge in [0.15, 0.2) is 0 Å². The Hall–Kier alpha value is -0.540. The van der Waals surface area contributed by atoms with Gasteiger partial charge in [-0.2, -0.15) is 0 Å². The van der Waals surface area contributed by atoms with E-state index in [4.69, 9.17) is 4.84 Å². The van der Waals surface area contributed by atoms with Crippen LogP contribution in [0.15, 0.2) is 11.8 Å². The highest BCUT2D eigenvalue weighted by Gasteiger charge is 2.29. The summed E-state index contributed by atoms with van der Waals surface area (Å²) in [7, 11) is 1.65. The van der Waals surface area contributed by atoms with Crippen molar-refractivity contribution in [1.82, 2.24) is 10.4 Å². The molecule has 3 heterocycles. The summed E-state index contributed by atoms with van der Waals surface area (Å²) in [5.74, 6) is 0.817. The lowest BCUT2D eigenvalue weighted by molar-refractivity contribution is 0.119. The Kier molecular flexibility index (Phi) is 2.33. The monoisotopic (exact) mass is 168 g/mol. The summed E-state index contributed by atoms with van der Waals surface area (Å²) < 4.78 is 0. The number of fused-ring (bicyclic) bond motifs is 3. The summed E-state index contributed by atoms with van der Waals surface area (Å²) in [5.41, 5.74) is 4.32. The molecule has 0 aromatic heterocycles. The van der Waals surface area contributed by atoms with Gasteiger partial charge in [0, 0.05) is 12.7 Å². The number of rotatable bonds is 2. The lowest BCUT2D eigenvalue weighted by Crippen LogP contribution is -2.43. The van der Waals surface area contributed by atoms with Gasteiger partial charge in [-0.25, -0.2) is 0 Å². The van der Waals surface area contributed by atoms with E-state index < -0.39 is 0 Å². The van der Waals surface area contributed by atoms with Gasteiger partial charge < -0.3 is 0 Å². The van der Waals surface area contributed by atoms with Crippen molar-refractivity contribution in [2.75, 3.05) is 26.7 Å². The number of hydrogen-bond donors (Lipinski definition) is 1. The third-order valence-corrected chi connectivity index (χ3v) is 2.88. The topological polar surface area (TPSA) is 24.5 Å². The number of nitrogens with one attached hydrogen (secondary N) is 1. The second-order valence-electron chi connectivity index (χ2n) is 3.59. The molecule has 0 amide bonds. The van der Waals surface area contributed by atoms with Crippen LogP contribution in [0.2, 0.25) is 0 Å². The maximum Gasteiger partial charge on any atom is 0.0636 e. The smallest absolute Gasteiger partial charge is 0.0636 e. The number of nitrogens with zero attached hydrogens (tertiary/aromatic N) is 1. The normalized spacial score (nSPS) is 37.2. The van der Waals surface area contributed by atoms with Crippen LogP contribution in [0.3, 0.4) is 0 Å². The van der Waals surface area contributed by atoms with Gasteiger partial charge in [-0.3, -0.25) is 15.2 Å². The molecule has 0 saturated carbocycles. The fraction of sp³-hybridized carbons (Fsp3) is 0.778. The van der Waals surface area contributed by atoms with E-state index in [0.29, 0.717) is 0 Å². The van der Waals surface area contributed by atoms with Crippen LogP contribution in [0.5, 0.6) is 0 Å². The van der Waals surface area contributed by atoms with Crippen molar-refractivity contribution < 1.29 is 4.84 Å². The predicted octanol–water partition coefficient (Wildman–Crippen LogP) is 0.747. The van der Waals surface area contributed by atoms with Gasteiger partial charge in [-0.1, -0.05) is 0 Å². The van der Waals surface area contributed by atoms with Gasteiger partial charge in [-0.05, 0) is 37.4 Å². The lowest BCUT2D eigenvalue weighted by atomic mass is 9.84. The minimum absolute atomic E-state index is 0.817. The van der Waals surface area contributed by atoms with Crippen molar-refractivity contribution in [3.63, 3.8) is 0 Å². The van der Waals surface area contributed by atoms with Crippen LogP contribution >= 0.6 is 0 Å². The largest absolute Gasteiger partial charge is 0.299 e. The van der Waals surface area contributed by atoms with E-state index in [1.54, 1.807) is 7.11 Å². The Labute approximate surface area is 73.3 Å². The van der Waals surface area contributed by atoms with E-state index in [2.05, 4.69) is 10.4 Å². The van der Waals surface area contributed by atoms with Crippen molar-refractivity contribution in [3.8, 4) is 0 Å². The second kappa shape index (κ2) is 3.46. The molecule has 3 fully saturated rings. The molecule has 3 aliphatic rings. The standard InChI is InChI=1S/C9H16N2O/c1-12-10-6-9-7-11-4-2-8(9)3-5-11/h6,8,10H,2-5,7H2,1H3. The van der Waals surface area contributed by atoms with Crippen LogP contribution in [0, 0.1) is 5.92 Å². The highest BCUT2D eigenvalue weighted by Crippen LogP contribution is 2.30. The molecular weight excluding hydrogens is 152 g/mol. The van der Waals surface area contributed by atoms with Gasteiger partial charge in [0.1, 0.15) is 0 Å². The molecule has 3 nitrogen and oxygen atoms in total. The van der Waals surface area contributed by atoms with Crippen molar-refractivity contribution in [2.45, 2.75) is 12.8 Å². The first-order valence-corrected chi connectivity index (χ1v) is 4.60. The molecule has 0 radical (unpaired) electrons. The van der Waals surface area contributed by atoms with Crippen molar-refractivity contribution in [2.24, 2.45) is 5.92 Å². The van der Waals surface area contributed by atoms with Crippen LogP contribution in [-0.4, -0.2) is 31.6 Å². The summed E-state index contributed by atoms with van der Waals surface area (Å²) in [6, 6.07) is 0. The molecule has 0 aromatic carbocycles. The third-order valence-electron chi connectivity index (χ3n) is 2.88. The van der Waals surface area contributed by atoms with Gasteiger partial charge in [0.2, 0.25) is 0 Å². The molecule has 1 N–H and O–H groups in total. The Morgan fingerprint density at radius 2 is 2.25 bits per heavy atom. The fourth-order valence-corrected chi connectivity index (χ4v) is 2.15. The highest BCUT2D eigenvalue weighted by molar-refractivity contribution is 5.13. The Morgan fingerprint density at radius 1 is 1.50 bits per heavy atom. The maximum absolute atomic E-state index is 4.81. The SMILES string of the molecule is CONC=C1CN2CCC1CC2. The van der Waals surface area contributed by atoms with E-state index >= 15 is 0 Å². The minimum Gasteiger partial charge on any atom is -0.299 e. The van der Waals surface area contributed by atoms with Crippen LogP contribution < -0.4 is 5.48 Å². The van der Waals surface area contributed by atoms with E-state index in [9.17, 15) is 0 Å². The Balaban J connectivity index is 1.99. The Bertz CT molecular complexity index is 183. The van der Waals surface area contributed by atoms with Crippen molar-refractivity contribution in [1.29, 1.82) is 0 Å². The zero-order chi connectivity index (χ0) is 8.39. The van der Waals surface area contributed by atoms with Crippen molar-refractivity contribution in [3.05, 3.63) is 11.8 Å². The average Bonchev–Trinajstić information content (AvgIpc) is 2.17. The van der Waals surface area contributed by atoms with Crippen LogP contribution in [0.1, 0.15) is 12.8 Å². The lowest BCUT2D eigenvalue weighted by Gasteiger charge is -2.40. The van der Waals surface area contributed by atoms with E-state index in [1.807, 2.05) is 6.20 Å². The molecule has 2 bridgehead atoms. The number of piperidine rings is 3. The average molecular weight is 168 g/mol. The molecule has 0 spiro atoms. The predicted molar refractivity (Wildman–Crippen MR) is 47.4 cm³/mol. The fourth-order valence-electron chi connectivity index (χ4n) is 2.15. The summed E-state index contributed by atoms with van der Waals surface area (Å²) in [5, 5.41) is 0. The molecular formula is C9H16N2O. The molecule has 3 rings (SSSR count). The summed E-state index contributed by atoms with van der Waals surface area (Å²) in [4.78, 5) is 7.31. The molecule has 3 aliphatic heterocycles. The quantitative estimate of drug-likeness (QED) is 0.616. The first-order chi connectivity index (χ1) is 5.90. The molecule has 0 aliphatic carbocycles. The van der Waals surface area contributed by atoms with Crippen LogP contribution in [0.25, 0.3) is 0 Å². The molecule has 12 heavy (non-hydrogen) atoms. The number of hydroxylamine groups is 1. The molecule has 0 unspecified atom stereocenters. The third kappa shape index (κ3) is 1.47. The maximum atomic E-state index is 4.81. The van der Waals surface area contributed by atoms with E-state index in [0.717, 1.165) is 12.5 Å². The molecule has 0 aromatic rings. The Morgan fingerprint density at radius 3 is 2.75 bits per heavy atom. The van der Waals surface area contributed by atoms with E-state index in [1.165, 1.54) is 31.5 Å². The first kappa shape index (κ1) is 8.08. The molecule has 3 saturated heterocycles. The highest BCUT2D eigenvalue weighted by atomic mass is 16.6. The minimum atomic E-state index is 0.817. The zero-order valence-corrected chi connectivity index (χ0v) is 7.55. The number of hydrogen-bond acceptors (Lipinski definition) is 3. The molecule has 68 valence electrons. The van der Waals surface area contributed by atoms with Gasteiger partial charge in [0.05, 0.1) is 7.11 Å². The zero-order valence-electron chi connectivity index (χ0n) is 7.55. The summed E-state index contributed by atoms with van der Waals surface area (Å²) in [6.45, 7) is 3.71. The summed E-state index contributed by atoms with van der Waals surface area (Å²) in [6.07, 6.45) is 4.68. The second-order valence-corrected chi connectivity index (χ2v) is 3.59. The van der Waals surface area contributed by atoms with Crippen LogP contribution in [-0.2, 0) is 4.84 Å². The van der Waals surface area contributed by atoms with E-state index in [-0.39, 0.29) is 0 Å². The first-order valence-electron chi connectivity index (χ1n) is 4.60. The van der Waals surface area contributed by atoms with Crippen molar-refractivity contribution >= 4 is 0 Å². The molecule has 0 atom stereocenters. The van der Waals surface area contributed by atoms with Gasteiger partial charge >= 0.3 is 0 Å². The van der Waals surface area contributed by atoms with Gasteiger partial charge in [0.25, 0.3) is 0 Å². The van der Waals surface area contributed by atoms with Crippen LogP contribution in [0.4, 0.5) is 0 Å². The molecule has 3 heteroatoms.